The predicted molar refractivity (Wildman–Crippen MR) is 79.0 cm³/mol. The van der Waals surface area contributed by atoms with Crippen molar-refractivity contribution in [2.45, 2.75) is 33.6 Å². The number of phenols is 1. The van der Waals surface area contributed by atoms with E-state index in [1.54, 1.807) is 29.8 Å². The molecule has 1 aromatic rings. The minimum Gasteiger partial charge on any atom is -0.508 e. The van der Waals surface area contributed by atoms with Crippen molar-refractivity contribution in [3.8, 4) is 5.75 Å². The molecule has 2 heteroatoms. The van der Waals surface area contributed by atoms with Crippen molar-refractivity contribution < 1.29 is 9.90 Å². The van der Waals surface area contributed by atoms with Gasteiger partial charge in [0.05, 0.1) is 0 Å². The molecule has 2 atom stereocenters. The second kappa shape index (κ2) is 6.55. The van der Waals surface area contributed by atoms with E-state index in [1.807, 2.05) is 12.9 Å². The van der Waals surface area contributed by atoms with E-state index < -0.39 is 0 Å². The van der Waals surface area contributed by atoms with Crippen molar-refractivity contribution in [3.05, 3.63) is 42.0 Å². The maximum Gasteiger partial charge on any atom is 0.115 e. The lowest BCUT2D eigenvalue weighted by atomic mass is 9.49. The summed E-state index contributed by atoms with van der Waals surface area (Å²) in [6.45, 7) is 9.13. The van der Waals surface area contributed by atoms with Crippen LogP contribution in [-0.2, 0) is 4.79 Å². The molecule has 0 spiro atoms. The molecule has 3 aliphatic rings. The Morgan fingerprint density at radius 2 is 1.79 bits per heavy atom. The topological polar surface area (TPSA) is 37.3 Å². The van der Waals surface area contributed by atoms with Crippen LogP contribution in [0.1, 0.15) is 33.6 Å². The van der Waals surface area contributed by atoms with Crippen molar-refractivity contribution in [2.75, 3.05) is 0 Å². The smallest absolute Gasteiger partial charge is 0.115 e. The second-order valence-electron chi connectivity index (χ2n) is 5.83. The molecular formula is C17H24O2. The number of fused-ring (bicyclic) bond motifs is 1. The number of carbonyl (C=O) groups is 1. The van der Waals surface area contributed by atoms with Gasteiger partial charge in [0.1, 0.15) is 12.5 Å². The number of aromatic hydroxyl groups is 1. The minimum absolute atomic E-state index is 0.322. The van der Waals surface area contributed by atoms with Crippen LogP contribution in [0.25, 0.3) is 0 Å². The Labute approximate surface area is 116 Å². The predicted octanol–water partition coefficient (Wildman–Crippen LogP) is 4.21. The van der Waals surface area contributed by atoms with Crippen LogP contribution in [0.5, 0.6) is 5.75 Å². The van der Waals surface area contributed by atoms with Crippen LogP contribution in [0.2, 0.25) is 0 Å². The fraction of sp³-hybridized carbons (Fsp3) is 0.471. The standard InChI is InChI=1S/C10H16.C6H6O.CH2O/c1-7-4-5-8-6-9(7)10(8,2)3;7-6-4-2-1-3-5-6;1-2/h4,8-9H,5-6H2,1-3H3;1-5,7H;1H2. The molecule has 0 aliphatic heterocycles. The average molecular weight is 260 g/mol. The molecule has 4 rings (SSSR count). The summed E-state index contributed by atoms with van der Waals surface area (Å²) >= 11 is 0. The molecular weight excluding hydrogens is 236 g/mol. The molecule has 0 heterocycles. The number of para-hydroxylation sites is 1. The van der Waals surface area contributed by atoms with Gasteiger partial charge in [-0.1, -0.05) is 43.7 Å². The third-order valence-electron chi connectivity index (χ3n) is 4.50. The van der Waals surface area contributed by atoms with Gasteiger partial charge in [0, 0.05) is 0 Å². The minimum atomic E-state index is 0.322. The lowest BCUT2D eigenvalue weighted by molar-refractivity contribution is -0.0979. The van der Waals surface area contributed by atoms with Gasteiger partial charge in [0.2, 0.25) is 0 Å². The highest BCUT2D eigenvalue weighted by Gasteiger charge is 2.49. The summed E-state index contributed by atoms with van der Waals surface area (Å²) < 4.78 is 0. The van der Waals surface area contributed by atoms with E-state index in [9.17, 15) is 0 Å². The fourth-order valence-electron chi connectivity index (χ4n) is 3.09. The molecule has 0 saturated heterocycles. The number of allylic oxidation sites excluding steroid dienone is 2. The summed E-state index contributed by atoms with van der Waals surface area (Å²) in [5.74, 6) is 2.25. The van der Waals surface area contributed by atoms with Crippen LogP contribution in [0.4, 0.5) is 0 Å². The summed E-state index contributed by atoms with van der Waals surface area (Å²) in [5, 5.41) is 8.63. The molecule has 0 aromatic heterocycles. The van der Waals surface area contributed by atoms with Gasteiger partial charge in [0.15, 0.2) is 0 Å². The lowest BCUT2D eigenvalue weighted by Crippen LogP contribution is -2.47. The molecule has 1 saturated carbocycles. The summed E-state index contributed by atoms with van der Waals surface area (Å²) in [7, 11) is 0. The largest absolute Gasteiger partial charge is 0.508 e. The van der Waals surface area contributed by atoms with Gasteiger partial charge in [0.25, 0.3) is 0 Å². The molecule has 19 heavy (non-hydrogen) atoms. The van der Waals surface area contributed by atoms with E-state index in [0.29, 0.717) is 11.2 Å². The van der Waals surface area contributed by atoms with E-state index in [0.717, 1.165) is 11.8 Å². The highest BCUT2D eigenvalue weighted by Crippen LogP contribution is 2.58. The van der Waals surface area contributed by atoms with Gasteiger partial charge in [-0.3, -0.25) is 0 Å². The second-order valence-corrected chi connectivity index (χ2v) is 5.83. The first-order valence-corrected chi connectivity index (χ1v) is 6.71. The third-order valence-corrected chi connectivity index (χ3v) is 4.50. The van der Waals surface area contributed by atoms with Crippen LogP contribution in [0.3, 0.4) is 0 Å². The van der Waals surface area contributed by atoms with Gasteiger partial charge < -0.3 is 9.90 Å². The molecule has 104 valence electrons. The van der Waals surface area contributed by atoms with E-state index >= 15 is 0 Å². The Bertz CT molecular complexity index is 420. The Morgan fingerprint density at radius 3 is 2.05 bits per heavy atom. The maximum absolute atomic E-state index is 8.63. The van der Waals surface area contributed by atoms with Crippen LogP contribution in [-0.4, -0.2) is 11.9 Å². The first-order valence-electron chi connectivity index (χ1n) is 6.71. The number of hydrogen-bond donors (Lipinski definition) is 1. The Balaban J connectivity index is 0.000000177. The van der Waals surface area contributed by atoms with Crippen molar-refractivity contribution in [1.29, 1.82) is 0 Å². The maximum atomic E-state index is 8.63. The van der Waals surface area contributed by atoms with Gasteiger partial charge in [-0.15, -0.1) is 0 Å². The lowest BCUT2D eigenvalue weighted by Gasteiger charge is -2.56. The zero-order valence-electron chi connectivity index (χ0n) is 12.1. The molecule has 1 N–H and O–H groups in total. The van der Waals surface area contributed by atoms with E-state index in [1.165, 1.54) is 12.8 Å². The molecule has 2 unspecified atom stereocenters. The highest BCUT2D eigenvalue weighted by molar-refractivity contribution is 5.21. The molecule has 1 fully saturated rings. The summed E-state index contributed by atoms with van der Waals surface area (Å²) in [5.41, 5.74) is 2.28. The Hall–Kier alpha value is -1.57. The van der Waals surface area contributed by atoms with Crippen LogP contribution >= 0.6 is 0 Å². The molecule has 0 amide bonds. The van der Waals surface area contributed by atoms with E-state index in [4.69, 9.17) is 9.90 Å². The van der Waals surface area contributed by atoms with Crippen LogP contribution in [0, 0.1) is 17.3 Å². The number of carbonyl (C=O) groups excluding carboxylic acids is 1. The summed E-state index contributed by atoms with van der Waals surface area (Å²) in [6.07, 6.45) is 5.24. The Kier molecular flexibility index (Phi) is 5.34. The number of benzene rings is 1. The normalized spacial score (nSPS) is 25.5. The first-order chi connectivity index (χ1) is 9.01. The van der Waals surface area contributed by atoms with Gasteiger partial charge in [-0.05, 0) is 49.1 Å². The van der Waals surface area contributed by atoms with Crippen LogP contribution < -0.4 is 0 Å². The summed E-state index contributed by atoms with van der Waals surface area (Å²) in [6, 6.07) is 8.71. The van der Waals surface area contributed by atoms with Crippen molar-refractivity contribution in [2.24, 2.45) is 17.3 Å². The van der Waals surface area contributed by atoms with E-state index in [-0.39, 0.29) is 0 Å². The van der Waals surface area contributed by atoms with Gasteiger partial charge in [-0.25, -0.2) is 0 Å². The highest BCUT2D eigenvalue weighted by atomic mass is 16.3. The SMILES string of the molecule is C=O.CC1=CCC2CC1C2(C)C.Oc1ccccc1. The Morgan fingerprint density at radius 1 is 1.21 bits per heavy atom. The fourth-order valence-corrected chi connectivity index (χ4v) is 3.09. The zero-order chi connectivity index (χ0) is 14.5. The molecule has 0 radical (unpaired) electrons. The van der Waals surface area contributed by atoms with Crippen molar-refractivity contribution >= 4 is 6.79 Å². The zero-order valence-corrected chi connectivity index (χ0v) is 12.1. The van der Waals surface area contributed by atoms with Crippen LogP contribution in [0.15, 0.2) is 42.0 Å². The molecule has 3 aliphatic carbocycles. The van der Waals surface area contributed by atoms with E-state index in [2.05, 4.69) is 26.8 Å². The van der Waals surface area contributed by atoms with Gasteiger partial charge in [-0.2, -0.15) is 0 Å². The molecule has 2 nitrogen and oxygen atoms in total. The average Bonchev–Trinajstić information content (AvgIpc) is 2.42. The van der Waals surface area contributed by atoms with Gasteiger partial charge >= 0.3 is 0 Å². The van der Waals surface area contributed by atoms with Crippen molar-refractivity contribution in [1.82, 2.24) is 0 Å². The molecule has 1 aromatic carbocycles. The quantitative estimate of drug-likeness (QED) is 0.710. The number of phenolic OH excluding ortho intramolecular Hbond substituents is 1. The molecule has 2 bridgehead atoms. The number of hydrogen-bond acceptors (Lipinski definition) is 2. The third kappa shape index (κ3) is 3.46. The van der Waals surface area contributed by atoms with Crippen molar-refractivity contribution in [3.63, 3.8) is 0 Å². The number of rotatable bonds is 0. The monoisotopic (exact) mass is 260 g/mol. The first kappa shape index (κ1) is 15.5. The summed E-state index contributed by atoms with van der Waals surface area (Å²) in [4.78, 5) is 8.00.